The van der Waals surface area contributed by atoms with E-state index in [1.807, 2.05) is 37.2 Å². The van der Waals surface area contributed by atoms with Crippen LogP contribution in [0.1, 0.15) is 19.0 Å². The Hall–Kier alpha value is -2.76. The van der Waals surface area contributed by atoms with Crippen LogP contribution in [0.15, 0.2) is 53.5 Å². The number of pyridine rings is 1. The highest BCUT2D eigenvalue weighted by atomic mass is 15.2. The van der Waals surface area contributed by atoms with E-state index >= 15 is 0 Å². The van der Waals surface area contributed by atoms with Crippen molar-refractivity contribution < 1.29 is 0 Å². The lowest BCUT2D eigenvalue weighted by atomic mass is 10.2. The third-order valence-electron chi connectivity index (χ3n) is 4.64. The fraction of sp³-hybridized carbons (Fsp3) is 0.429. The summed E-state index contributed by atoms with van der Waals surface area (Å²) in [5, 5.41) is 6.94. The molecule has 1 aromatic carbocycles. The van der Waals surface area contributed by atoms with Crippen LogP contribution in [0, 0.1) is 0 Å². The predicted octanol–water partition coefficient (Wildman–Crippen LogP) is 2.48. The lowest BCUT2D eigenvalue weighted by molar-refractivity contribution is 0.648. The van der Waals surface area contributed by atoms with E-state index in [0.717, 1.165) is 43.5 Å². The maximum absolute atomic E-state index is 4.74. The molecule has 0 saturated carbocycles. The number of aliphatic imine (C=N–C) groups is 1. The molecule has 1 atom stereocenters. The Labute approximate surface area is 162 Å². The molecular weight excluding hydrogens is 336 g/mol. The van der Waals surface area contributed by atoms with Gasteiger partial charge in [0.15, 0.2) is 5.96 Å². The molecule has 2 N–H and O–H groups in total. The molecular formula is C21H30N6. The Morgan fingerprint density at radius 2 is 2.00 bits per heavy atom. The first kappa shape index (κ1) is 19.0. The molecule has 27 heavy (non-hydrogen) atoms. The Kier molecular flexibility index (Phi) is 6.52. The number of benzene rings is 1. The summed E-state index contributed by atoms with van der Waals surface area (Å²) in [5.41, 5.74) is 2.25. The Morgan fingerprint density at radius 1 is 1.19 bits per heavy atom. The minimum absolute atomic E-state index is 0.393. The monoisotopic (exact) mass is 366 g/mol. The van der Waals surface area contributed by atoms with Crippen LogP contribution in [0.2, 0.25) is 0 Å². The van der Waals surface area contributed by atoms with Crippen molar-refractivity contribution in [2.24, 2.45) is 4.99 Å². The van der Waals surface area contributed by atoms with Crippen molar-refractivity contribution in [3.8, 4) is 0 Å². The van der Waals surface area contributed by atoms with Crippen LogP contribution >= 0.6 is 0 Å². The van der Waals surface area contributed by atoms with Gasteiger partial charge < -0.3 is 20.4 Å². The first-order chi connectivity index (χ1) is 13.2. The molecule has 3 rings (SSSR count). The van der Waals surface area contributed by atoms with Gasteiger partial charge in [0.2, 0.25) is 0 Å². The van der Waals surface area contributed by atoms with Gasteiger partial charge >= 0.3 is 0 Å². The number of anilines is 2. The van der Waals surface area contributed by atoms with Crippen LogP contribution in [0.4, 0.5) is 11.5 Å². The molecule has 0 amide bonds. The molecule has 6 nitrogen and oxygen atoms in total. The molecule has 0 radical (unpaired) electrons. The molecule has 1 aromatic heterocycles. The van der Waals surface area contributed by atoms with Crippen molar-refractivity contribution in [2.45, 2.75) is 25.9 Å². The van der Waals surface area contributed by atoms with Crippen molar-refractivity contribution in [1.82, 2.24) is 15.6 Å². The average Bonchev–Trinajstić information content (AvgIpc) is 3.16. The molecule has 2 aromatic rings. The van der Waals surface area contributed by atoms with Crippen LogP contribution in [-0.4, -0.2) is 50.7 Å². The van der Waals surface area contributed by atoms with Gasteiger partial charge in [0, 0.05) is 45.5 Å². The number of rotatable bonds is 6. The third-order valence-corrected chi connectivity index (χ3v) is 4.64. The van der Waals surface area contributed by atoms with Gasteiger partial charge in [0.1, 0.15) is 5.82 Å². The van der Waals surface area contributed by atoms with E-state index in [0.29, 0.717) is 12.6 Å². The fourth-order valence-electron chi connectivity index (χ4n) is 3.23. The zero-order valence-corrected chi connectivity index (χ0v) is 16.5. The first-order valence-corrected chi connectivity index (χ1v) is 9.64. The molecule has 0 spiro atoms. The molecule has 2 heterocycles. The number of hydrogen-bond donors (Lipinski definition) is 2. The summed E-state index contributed by atoms with van der Waals surface area (Å²) >= 11 is 0. The fourth-order valence-corrected chi connectivity index (χ4v) is 3.23. The lowest BCUT2D eigenvalue weighted by Gasteiger charge is -2.20. The standard InChI is InChI=1S/C21H30N6/c1-4-22-21(23-15-17-9-8-12-20(24-17)26(2)3)25-18-13-14-27(16-18)19-10-6-5-7-11-19/h5-12,18H,4,13-16H2,1-3H3,(H2,22,23,25). The topological polar surface area (TPSA) is 55.8 Å². The van der Waals surface area contributed by atoms with E-state index in [2.05, 4.69) is 57.8 Å². The van der Waals surface area contributed by atoms with Crippen molar-refractivity contribution in [3.63, 3.8) is 0 Å². The summed E-state index contributed by atoms with van der Waals surface area (Å²) in [7, 11) is 4.00. The summed E-state index contributed by atoms with van der Waals surface area (Å²) in [6.45, 7) is 5.54. The van der Waals surface area contributed by atoms with E-state index < -0.39 is 0 Å². The SMILES string of the molecule is CCNC(=NCc1cccc(N(C)C)n1)NC1CCN(c2ccccc2)C1. The molecule has 0 bridgehead atoms. The summed E-state index contributed by atoms with van der Waals surface area (Å²) in [6, 6.07) is 17.0. The highest BCUT2D eigenvalue weighted by Gasteiger charge is 2.23. The zero-order valence-electron chi connectivity index (χ0n) is 16.5. The minimum Gasteiger partial charge on any atom is -0.369 e. The third kappa shape index (κ3) is 5.36. The Morgan fingerprint density at radius 3 is 2.74 bits per heavy atom. The number of guanidine groups is 1. The largest absolute Gasteiger partial charge is 0.369 e. The van der Waals surface area contributed by atoms with Gasteiger partial charge in [-0.05, 0) is 37.6 Å². The van der Waals surface area contributed by atoms with Gasteiger partial charge in [-0.1, -0.05) is 24.3 Å². The van der Waals surface area contributed by atoms with E-state index in [1.165, 1.54) is 5.69 Å². The smallest absolute Gasteiger partial charge is 0.191 e. The second-order valence-corrected chi connectivity index (χ2v) is 6.99. The van der Waals surface area contributed by atoms with Gasteiger partial charge in [0.25, 0.3) is 0 Å². The van der Waals surface area contributed by atoms with Crippen LogP contribution < -0.4 is 20.4 Å². The lowest BCUT2D eigenvalue weighted by Crippen LogP contribution is -2.44. The van der Waals surface area contributed by atoms with Gasteiger partial charge in [-0.3, -0.25) is 0 Å². The van der Waals surface area contributed by atoms with Crippen LogP contribution in [0.25, 0.3) is 0 Å². The van der Waals surface area contributed by atoms with E-state index in [1.54, 1.807) is 0 Å². The molecule has 1 aliphatic heterocycles. The number of para-hydroxylation sites is 1. The Balaban J connectivity index is 1.60. The predicted molar refractivity (Wildman–Crippen MR) is 114 cm³/mol. The molecule has 0 aliphatic carbocycles. The molecule has 1 saturated heterocycles. The quantitative estimate of drug-likeness (QED) is 0.608. The van der Waals surface area contributed by atoms with Gasteiger partial charge in [0.05, 0.1) is 12.2 Å². The highest BCUT2D eigenvalue weighted by molar-refractivity contribution is 5.80. The normalized spacial score (nSPS) is 17.1. The van der Waals surface area contributed by atoms with Gasteiger partial charge in [-0.15, -0.1) is 0 Å². The molecule has 1 aliphatic rings. The number of nitrogens with one attached hydrogen (secondary N) is 2. The van der Waals surface area contributed by atoms with Gasteiger partial charge in [-0.25, -0.2) is 9.98 Å². The molecule has 1 unspecified atom stereocenters. The second-order valence-electron chi connectivity index (χ2n) is 6.99. The first-order valence-electron chi connectivity index (χ1n) is 9.64. The number of nitrogens with zero attached hydrogens (tertiary/aromatic N) is 4. The zero-order chi connectivity index (χ0) is 19.1. The summed E-state index contributed by atoms with van der Waals surface area (Å²) < 4.78 is 0. The molecule has 1 fully saturated rings. The maximum Gasteiger partial charge on any atom is 0.191 e. The van der Waals surface area contributed by atoms with E-state index in [4.69, 9.17) is 4.99 Å². The van der Waals surface area contributed by atoms with Crippen molar-refractivity contribution >= 4 is 17.5 Å². The molecule has 144 valence electrons. The summed E-state index contributed by atoms with van der Waals surface area (Å²) in [6.07, 6.45) is 1.10. The van der Waals surface area contributed by atoms with E-state index in [9.17, 15) is 0 Å². The summed E-state index contributed by atoms with van der Waals surface area (Å²) in [5.74, 6) is 1.81. The van der Waals surface area contributed by atoms with Crippen molar-refractivity contribution in [1.29, 1.82) is 0 Å². The molecule has 6 heteroatoms. The van der Waals surface area contributed by atoms with Gasteiger partial charge in [-0.2, -0.15) is 0 Å². The van der Waals surface area contributed by atoms with Crippen LogP contribution in [-0.2, 0) is 6.54 Å². The Bertz CT molecular complexity index is 743. The number of aromatic nitrogens is 1. The van der Waals surface area contributed by atoms with Crippen molar-refractivity contribution in [3.05, 3.63) is 54.2 Å². The maximum atomic E-state index is 4.74. The van der Waals surface area contributed by atoms with Crippen molar-refractivity contribution in [2.75, 3.05) is 43.5 Å². The average molecular weight is 367 g/mol. The van der Waals surface area contributed by atoms with Crippen LogP contribution in [0.3, 0.4) is 0 Å². The second kappa shape index (κ2) is 9.26. The highest BCUT2D eigenvalue weighted by Crippen LogP contribution is 2.19. The minimum atomic E-state index is 0.393. The van der Waals surface area contributed by atoms with E-state index in [-0.39, 0.29) is 0 Å². The number of hydrogen-bond acceptors (Lipinski definition) is 4. The van der Waals surface area contributed by atoms with Crippen LogP contribution in [0.5, 0.6) is 0 Å². The summed E-state index contributed by atoms with van der Waals surface area (Å²) in [4.78, 5) is 13.8.